The molecule has 0 bridgehead atoms. The van der Waals surface area contributed by atoms with E-state index in [9.17, 15) is 18.0 Å². The molecule has 1 atom stereocenters. The molecule has 9 heteroatoms. The van der Waals surface area contributed by atoms with Gasteiger partial charge in [-0.05, 0) is 44.0 Å². The zero-order valence-electron chi connectivity index (χ0n) is 14.3. The average Bonchev–Trinajstić information content (AvgIpc) is 3.15. The van der Waals surface area contributed by atoms with Crippen LogP contribution >= 0.6 is 0 Å². The molecular formula is C17H19N3O5S. The lowest BCUT2D eigenvalue weighted by Gasteiger charge is -2.15. The molecule has 1 fully saturated rings. The first-order chi connectivity index (χ1) is 12.3. The van der Waals surface area contributed by atoms with Gasteiger partial charge in [0, 0.05) is 18.8 Å². The Hall–Kier alpha value is -2.57. The maximum absolute atomic E-state index is 12.4. The fraction of sp³-hybridized carbons (Fsp3) is 0.412. The van der Waals surface area contributed by atoms with Gasteiger partial charge in [0.2, 0.25) is 10.0 Å². The summed E-state index contributed by atoms with van der Waals surface area (Å²) in [5.74, 6) is -2.72. The summed E-state index contributed by atoms with van der Waals surface area (Å²) in [4.78, 5) is 23.8. The summed E-state index contributed by atoms with van der Waals surface area (Å²) in [6, 6.07) is 6.97. The van der Waals surface area contributed by atoms with Crippen molar-refractivity contribution in [3.8, 4) is 6.07 Å². The van der Waals surface area contributed by atoms with Gasteiger partial charge >= 0.3 is 5.97 Å². The third-order valence-corrected chi connectivity index (χ3v) is 5.94. The van der Waals surface area contributed by atoms with Crippen LogP contribution in [-0.4, -0.2) is 49.9 Å². The van der Waals surface area contributed by atoms with Crippen LogP contribution in [0.25, 0.3) is 0 Å². The van der Waals surface area contributed by atoms with Gasteiger partial charge in [-0.2, -0.15) is 9.57 Å². The summed E-state index contributed by atoms with van der Waals surface area (Å²) < 4.78 is 31.1. The smallest absolute Gasteiger partial charge is 0.338 e. The average molecular weight is 377 g/mol. The van der Waals surface area contributed by atoms with Crippen LogP contribution < -0.4 is 0 Å². The molecule has 26 heavy (non-hydrogen) atoms. The normalized spacial score (nSPS) is 15.8. The Balaban J connectivity index is 2.02. The predicted octanol–water partition coefficient (Wildman–Crippen LogP) is 1.38. The first-order valence-corrected chi connectivity index (χ1v) is 9.46. The van der Waals surface area contributed by atoms with Gasteiger partial charge < -0.3 is 10.1 Å². The quantitative estimate of drug-likeness (QED) is 0.564. The number of carbonyl (C=O) groups excluding carboxylic acids is 2. The Morgan fingerprint density at radius 3 is 2.35 bits per heavy atom. The molecule has 0 aliphatic carbocycles. The van der Waals surface area contributed by atoms with E-state index >= 15 is 0 Å². The minimum atomic E-state index is -3.56. The van der Waals surface area contributed by atoms with Crippen molar-refractivity contribution in [2.75, 3.05) is 19.7 Å². The number of benzene rings is 1. The Morgan fingerprint density at radius 2 is 1.85 bits per heavy atom. The van der Waals surface area contributed by atoms with Crippen LogP contribution in [0, 0.1) is 22.7 Å². The molecule has 0 spiro atoms. The molecule has 1 unspecified atom stereocenters. The maximum atomic E-state index is 12.4. The first-order valence-electron chi connectivity index (χ1n) is 8.02. The van der Waals surface area contributed by atoms with Crippen molar-refractivity contribution in [3.63, 3.8) is 0 Å². The van der Waals surface area contributed by atoms with Crippen molar-refractivity contribution in [3.05, 3.63) is 29.8 Å². The van der Waals surface area contributed by atoms with Gasteiger partial charge in [-0.1, -0.05) is 0 Å². The topological polar surface area (TPSA) is 128 Å². The van der Waals surface area contributed by atoms with E-state index in [0.29, 0.717) is 13.1 Å². The Labute approximate surface area is 151 Å². The van der Waals surface area contributed by atoms with Crippen molar-refractivity contribution in [1.82, 2.24) is 4.31 Å². The summed E-state index contributed by atoms with van der Waals surface area (Å²) in [6.07, 6.45) is 1.66. The number of nitriles is 1. The second-order valence-corrected chi connectivity index (χ2v) is 7.86. The van der Waals surface area contributed by atoms with Gasteiger partial charge in [-0.3, -0.25) is 4.79 Å². The largest absolute Gasteiger partial charge is 0.454 e. The van der Waals surface area contributed by atoms with Gasteiger partial charge in [-0.25, -0.2) is 13.2 Å². The van der Waals surface area contributed by atoms with Crippen LogP contribution in [0.2, 0.25) is 0 Å². The monoisotopic (exact) mass is 377 g/mol. The Bertz CT molecular complexity index is 849. The molecule has 1 heterocycles. The number of Topliss-reactive ketones (excluding diaryl/α,β-unsaturated/α-hetero) is 1. The van der Waals surface area contributed by atoms with E-state index in [4.69, 9.17) is 15.4 Å². The van der Waals surface area contributed by atoms with E-state index in [0.717, 1.165) is 12.8 Å². The lowest BCUT2D eigenvalue weighted by Crippen LogP contribution is -2.28. The van der Waals surface area contributed by atoms with Gasteiger partial charge in [0.15, 0.2) is 12.4 Å². The number of nitrogens with one attached hydrogen (secondary N) is 1. The highest BCUT2D eigenvalue weighted by Crippen LogP contribution is 2.21. The van der Waals surface area contributed by atoms with Crippen molar-refractivity contribution in [2.24, 2.45) is 5.92 Å². The van der Waals surface area contributed by atoms with Crippen molar-refractivity contribution >= 4 is 27.5 Å². The Kier molecular flexibility index (Phi) is 6.23. The standard InChI is InChI=1S/C17H19N3O5S/c1-12(19)15(10-18)16(21)11-25-17(22)13-4-6-14(7-5-13)26(23,24)20-8-2-3-9-20/h4-7,15,19H,2-3,8-9,11H2,1H3. The molecule has 0 amide bonds. The molecule has 0 radical (unpaired) electrons. The third-order valence-electron chi connectivity index (χ3n) is 4.02. The summed E-state index contributed by atoms with van der Waals surface area (Å²) >= 11 is 0. The van der Waals surface area contributed by atoms with E-state index in [-0.39, 0.29) is 16.2 Å². The van der Waals surface area contributed by atoms with E-state index in [1.165, 1.54) is 35.5 Å². The van der Waals surface area contributed by atoms with Crippen LogP contribution in [0.5, 0.6) is 0 Å². The van der Waals surface area contributed by atoms with E-state index < -0.39 is 34.3 Å². The van der Waals surface area contributed by atoms with E-state index in [1.807, 2.05) is 0 Å². The lowest BCUT2D eigenvalue weighted by atomic mass is 10.0. The molecule has 1 aliphatic rings. The van der Waals surface area contributed by atoms with Gasteiger partial charge in [0.1, 0.15) is 5.92 Å². The summed E-state index contributed by atoms with van der Waals surface area (Å²) in [6.45, 7) is 1.68. The Morgan fingerprint density at radius 1 is 1.27 bits per heavy atom. The molecular weight excluding hydrogens is 358 g/mol. The highest BCUT2D eigenvalue weighted by Gasteiger charge is 2.27. The number of sulfonamides is 1. The summed E-state index contributed by atoms with van der Waals surface area (Å²) in [5.41, 5.74) is -0.0247. The third kappa shape index (κ3) is 4.33. The molecule has 1 aromatic rings. The summed E-state index contributed by atoms with van der Waals surface area (Å²) in [7, 11) is -3.56. The molecule has 0 saturated carbocycles. The second kappa shape index (κ2) is 8.21. The predicted molar refractivity (Wildman–Crippen MR) is 92.2 cm³/mol. The zero-order valence-corrected chi connectivity index (χ0v) is 15.1. The number of hydrogen-bond donors (Lipinski definition) is 1. The minimum absolute atomic E-state index is 0.0935. The molecule has 1 aromatic carbocycles. The number of ketones is 1. The van der Waals surface area contributed by atoms with Gasteiger partial charge in [0.05, 0.1) is 16.5 Å². The molecule has 0 aromatic heterocycles. The molecule has 2 rings (SSSR count). The number of nitrogens with zero attached hydrogens (tertiary/aromatic N) is 2. The molecule has 8 nitrogen and oxygen atoms in total. The highest BCUT2D eigenvalue weighted by atomic mass is 32.2. The molecule has 1 N–H and O–H groups in total. The van der Waals surface area contributed by atoms with Gasteiger partial charge in [0.25, 0.3) is 0 Å². The number of carbonyl (C=O) groups is 2. The van der Waals surface area contributed by atoms with Crippen LogP contribution in [0.1, 0.15) is 30.1 Å². The van der Waals surface area contributed by atoms with Gasteiger partial charge in [-0.15, -0.1) is 0 Å². The van der Waals surface area contributed by atoms with Crippen molar-refractivity contribution in [2.45, 2.75) is 24.7 Å². The highest BCUT2D eigenvalue weighted by molar-refractivity contribution is 7.89. The summed E-state index contributed by atoms with van der Waals surface area (Å²) in [5, 5.41) is 16.2. The number of esters is 1. The SMILES string of the molecule is CC(=N)C(C#N)C(=O)COC(=O)c1ccc(S(=O)(=O)N2CCCC2)cc1. The van der Waals surface area contributed by atoms with Crippen LogP contribution in [-0.2, 0) is 19.6 Å². The first kappa shape index (κ1) is 19.8. The minimum Gasteiger partial charge on any atom is -0.454 e. The van der Waals surface area contributed by atoms with Crippen molar-refractivity contribution < 1.29 is 22.7 Å². The van der Waals surface area contributed by atoms with Crippen molar-refractivity contribution in [1.29, 1.82) is 10.7 Å². The maximum Gasteiger partial charge on any atom is 0.338 e. The van der Waals surface area contributed by atoms with Crippen LogP contribution in [0.3, 0.4) is 0 Å². The lowest BCUT2D eigenvalue weighted by molar-refractivity contribution is -0.122. The zero-order chi connectivity index (χ0) is 19.3. The second-order valence-electron chi connectivity index (χ2n) is 5.92. The fourth-order valence-corrected chi connectivity index (χ4v) is 4.07. The molecule has 138 valence electrons. The van der Waals surface area contributed by atoms with Crippen LogP contribution in [0.4, 0.5) is 0 Å². The van der Waals surface area contributed by atoms with E-state index in [1.54, 1.807) is 6.07 Å². The number of ether oxygens (including phenoxy) is 1. The molecule has 1 aliphatic heterocycles. The number of rotatable bonds is 7. The van der Waals surface area contributed by atoms with Crippen LogP contribution in [0.15, 0.2) is 29.2 Å². The number of hydrogen-bond acceptors (Lipinski definition) is 7. The fourth-order valence-electron chi connectivity index (χ4n) is 2.55. The molecule has 1 saturated heterocycles. The van der Waals surface area contributed by atoms with E-state index in [2.05, 4.69) is 0 Å².